The summed E-state index contributed by atoms with van der Waals surface area (Å²) in [6, 6.07) is 0. The third-order valence-electron chi connectivity index (χ3n) is 0. The summed E-state index contributed by atoms with van der Waals surface area (Å²) < 4.78 is 8.34. The second-order valence-electron chi connectivity index (χ2n) is 0. The average molecular weight is 169 g/mol. The molecule has 22 valence electrons. The predicted octanol–water partition coefficient (Wildman–Crippen LogP) is -0.125. The summed E-state index contributed by atoms with van der Waals surface area (Å²) >= 11 is 0.300. The van der Waals surface area contributed by atoms with E-state index in [2.05, 4.69) is 0 Å². The van der Waals surface area contributed by atoms with E-state index in [4.69, 9.17) is 2.81 Å². The van der Waals surface area contributed by atoms with E-state index in [0.29, 0.717) is 24.7 Å². The van der Waals surface area contributed by atoms with Crippen molar-refractivity contribution in [2.45, 2.75) is 0 Å². The molecule has 0 aromatic carbocycles. The van der Waals surface area contributed by atoms with Crippen LogP contribution in [0.25, 0.3) is 0 Å². The quantitative estimate of drug-likeness (QED) is 0.462. The molecule has 0 fully saturated rings. The minimum atomic E-state index is 0. The van der Waals surface area contributed by atoms with Crippen molar-refractivity contribution >= 4 is 37.7 Å². The fourth-order valence-electron chi connectivity index (χ4n) is 0. The Morgan fingerprint density at radius 3 is 1.50 bits per heavy atom. The molecule has 0 unspecified atom stereocenters. The van der Waals surface area contributed by atoms with Crippen LogP contribution in [0.5, 0.6) is 0 Å². The van der Waals surface area contributed by atoms with Crippen molar-refractivity contribution in [1.82, 2.24) is 0 Å². The molecule has 0 rings (SSSR count). The average Bonchev–Trinajstić information content (AvgIpc) is 1.00. The predicted molar refractivity (Wildman–Crippen MR) is 11.2 cm³/mol. The molecule has 1 nitrogen and oxygen atoms in total. The van der Waals surface area contributed by atoms with Crippen LogP contribution in [0.4, 0.5) is 4.70 Å². The Bertz CT molecular complexity index is 13.5. The summed E-state index contributed by atoms with van der Waals surface area (Å²) in [5.74, 6) is 0. The molecule has 0 aromatic rings. The van der Waals surface area contributed by atoms with Crippen LogP contribution in [-0.4, -0.2) is 37.7 Å². The molecular weight excluding hydrogens is 166 g/mol. The molecule has 0 aliphatic heterocycles. The van der Waals surface area contributed by atoms with E-state index in [1.807, 2.05) is 0 Å². The van der Waals surface area contributed by atoms with Gasteiger partial charge in [0.15, 0.2) is 0 Å². The van der Waals surface area contributed by atoms with Crippen molar-refractivity contribution in [3.63, 3.8) is 0 Å². The Kier molecular flexibility index (Phi) is 88.0. The minimum absolute atomic E-state index is 0. The molecule has 0 saturated carbocycles. The fraction of sp³-hybridized carbons (Fsp3) is 0. The fourth-order valence-corrected chi connectivity index (χ4v) is 0. The SMILES string of the molecule is F.[Ca+2].[H-].[H-].[O]=[Zr]. The molecule has 0 heterocycles. The van der Waals surface area contributed by atoms with E-state index >= 15 is 0 Å². The third-order valence-corrected chi connectivity index (χ3v) is 0. The first kappa shape index (κ1) is 16.9. The van der Waals surface area contributed by atoms with E-state index < -0.39 is 0 Å². The molecule has 0 saturated heterocycles. The molecule has 0 radical (unpaired) electrons. The van der Waals surface area contributed by atoms with Crippen molar-refractivity contribution in [3.05, 3.63) is 0 Å². The number of halogens is 1. The van der Waals surface area contributed by atoms with E-state index in [1.54, 1.807) is 0 Å². The molecule has 0 aliphatic carbocycles. The van der Waals surface area contributed by atoms with E-state index in [9.17, 15) is 0 Å². The van der Waals surface area contributed by atoms with Crippen LogP contribution in [0.2, 0.25) is 0 Å². The van der Waals surface area contributed by atoms with Crippen LogP contribution in [-0.2, 0) is 27.5 Å². The summed E-state index contributed by atoms with van der Waals surface area (Å²) in [4.78, 5) is 0. The Morgan fingerprint density at radius 1 is 1.50 bits per heavy atom. The second kappa shape index (κ2) is 20.8. The Balaban J connectivity index is -0.000000000833. The molecule has 0 atom stereocenters. The van der Waals surface area contributed by atoms with E-state index in [0.717, 1.165) is 0 Å². The van der Waals surface area contributed by atoms with Gasteiger partial charge < -0.3 is 2.85 Å². The van der Waals surface area contributed by atoms with E-state index in [-0.39, 0.29) is 45.3 Å². The van der Waals surface area contributed by atoms with Gasteiger partial charge in [-0.1, -0.05) is 0 Å². The topological polar surface area (TPSA) is 17.1 Å². The van der Waals surface area contributed by atoms with Gasteiger partial charge in [-0.15, -0.1) is 0 Å². The van der Waals surface area contributed by atoms with Crippen molar-refractivity contribution in [1.29, 1.82) is 0 Å². The zero-order valence-electron chi connectivity index (χ0n) is 4.02. The zero-order chi connectivity index (χ0) is 2.00. The van der Waals surface area contributed by atoms with Crippen molar-refractivity contribution in [2.24, 2.45) is 0 Å². The number of hydrogen-bond donors (Lipinski definition) is 0. The van der Waals surface area contributed by atoms with Gasteiger partial charge in [0, 0.05) is 0 Å². The Hall–Kier alpha value is 1.87. The van der Waals surface area contributed by atoms with Crippen LogP contribution in [0, 0.1) is 0 Å². The second-order valence-corrected chi connectivity index (χ2v) is 0. The summed E-state index contributed by atoms with van der Waals surface area (Å²) in [5.41, 5.74) is 0. The van der Waals surface area contributed by atoms with Crippen molar-refractivity contribution in [2.75, 3.05) is 0 Å². The van der Waals surface area contributed by atoms with Gasteiger partial charge in [0.1, 0.15) is 0 Å². The zero-order valence-corrected chi connectivity index (χ0v) is 6.69. The van der Waals surface area contributed by atoms with Gasteiger partial charge in [-0.25, -0.2) is 0 Å². The van der Waals surface area contributed by atoms with Crippen LogP contribution >= 0.6 is 0 Å². The number of hydrogen-bond acceptors (Lipinski definition) is 1. The first-order valence-electron chi connectivity index (χ1n) is 0.204. The summed E-state index contributed by atoms with van der Waals surface area (Å²) in [5, 5.41) is 0. The van der Waals surface area contributed by atoms with Crippen LogP contribution in [0.3, 0.4) is 0 Å². The van der Waals surface area contributed by atoms with Crippen LogP contribution < -0.4 is 0 Å². The maximum absolute atomic E-state index is 8.34. The molecule has 0 spiro atoms. The number of rotatable bonds is 0. The Labute approximate surface area is 71.8 Å². The molecule has 0 aliphatic rings. The first-order valence-corrected chi connectivity index (χ1v) is 1.21. The molecule has 0 bridgehead atoms. The standard InChI is InChI=1S/Ca.FH.O.Zr.2H/h;1H;;;;/q+2;;;;2*-1. The maximum atomic E-state index is 8.34. The van der Waals surface area contributed by atoms with Gasteiger partial charge in [0.25, 0.3) is 0 Å². The summed E-state index contributed by atoms with van der Waals surface area (Å²) in [6.07, 6.45) is 0. The summed E-state index contributed by atoms with van der Waals surface area (Å²) in [6.45, 7) is 0. The molecule has 0 aromatic heterocycles. The van der Waals surface area contributed by atoms with Crippen LogP contribution in [0.1, 0.15) is 2.85 Å². The van der Waals surface area contributed by atoms with Gasteiger partial charge in [-0.2, -0.15) is 0 Å². The molecule has 4 heavy (non-hydrogen) atoms. The van der Waals surface area contributed by atoms with Crippen LogP contribution in [0.15, 0.2) is 0 Å². The van der Waals surface area contributed by atoms with Gasteiger partial charge in [-0.3, -0.25) is 4.70 Å². The third kappa shape index (κ3) is 9.11. The molecule has 0 N–H and O–H groups in total. The molecule has 4 heteroatoms. The van der Waals surface area contributed by atoms with Crippen molar-refractivity contribution < 1.29 is 35.1 Å². The first-order chi connectivity index (χ1) is 1.00. The monoisotopic (exact) mass is 168 g/mol. The molecule has 0 amide bonds. The van der Waals surface area contributed by atoms with Crippen molar-refractivity contribution in [3.8, 4) is 0 Å². The summed E-state index contributed by atoms with van der Waals surface area (Å²) in [7, 11) is 0. The van der Waals surface area contributed by atoms with E-state index in [1.165, 1.54) is 0 Å². The normalized spacial score (nSPS) is 0.750. The van der Waals surface area contributed by atoms with Gasteiger partial charge in [-0.05, 0) is 0 Å². The molecular formula is H3CaFOZr. The van der Waals surface area contributed by atoms with Gasteiger partial charge >= 0.3 is 65.3 Å². The Morgan fingerprint density at radius 2 is 1.50 bits per heavy atom. The van der Waals surface area contributed by atoms with Gasteiger partial charge in [0.2, 0.25) is 0 Å². The van der Waals surface area contributed by atoms with Gasteiger partial charge in [0.05, 0.1) is 0 Å².